The molecule has 0 N–H and O–H groups in total. The third-order valence-corrected chi connectivity index (χ3v) is 2.55. The second-order valence-corrected chi connectivity index (χ2v) is 4.53. The molecular weight excluding hydrogens is 287 g/mol. The molecular formula is C12H10BrFN2O. The van der Waals surface area contributed by atoms with E-state index in [1.807, 2.05) is 19.9 Å². The molecule has 0 bridgehead atoms. The molecule has 0 saturated heterocycles. The third-order valence-electron chi connectivity index (χ3n) is 2.06. The number of halogens is 2. The van der Waals surface area contributed by atoms with Crippen molar-refractivity contribution in [3.63, 3.8) is 0 Å². The first-order valence-electron chi connectivity index (χ1n) is 5.00. The molecule has 0 spiro atoms. The average molecular weight is 297 g/mol. The van der Waals surface area contributed by atoms with Crippen molar-refractivity contribution >= 4 is 15.9 Å². The third kappa shape index (κ3) is 3.00. The summed E-state index contributed by atoms with van der Waals surface area (Å²) in [6.45, 7) is 3.66. The summed E-state index contributed by atoms with van der Waals surface area (Å²) in [7, 11) is 0. The molecule has 0 saturated carbocycles. The SMILES string of the molecule is Cc1cc(C)nc(Oc2cc(Br)ccc2F)n1. The summed E-state index contributed by atoms with van der Waals surface area (Å²) in [5.74, 6) is -0.347. The molecule has 1 heterocycles. The molecule has 5 heteroatoms. The Morgan fingerprint density at radius 1 is 1.12 bits per heavy atom. The monoisotopic (exact) mass is 296 g/mol. The van der Waals surface area contributed by atoms with Gasteiger partial charge in [-0.1, -0.05) is 15.9 Å². The molecule has 0 fully saturated rings. The maximum Gasteiger partial charge on any atom is 0.322 e. The van der Waals surface area contributed by atoms with Crippen LogP contribution in [0.15, 0.2) is 28.7 Å². The maximum absolute atomic E-state index is 13.5. The summed E-state index contributed by atoms with van der Waals surface area (Å²) in [6, 6.07) is 6.44. The van der Waals surface area contributed by atoms with E-state index in [1.165, 1.54) is 12.1 Å². The van der Waals surface area contributed by atoms with Gasteiger partial charge in [-0.2, -0.15) is 0 Å². The molecule has 3 nitrogen and oxygen atoms in total. The molecule has 2 aromatic rings. The Labute approximate surface area is 107 Å². The van der Waals surface area contributed by atoms with Crippen LogP contribution < -0.4 is 4.74 Å². The molecule has 0 unspecified atom stereocenters. The molecule has 1 aromatic carbocycles. The van der Waals surface area contributed by atoms with E-state index >= 15 is 0 Å². The van der Waals surface area contributed by atoms with Crippen LogP contribution in [0.4, 0.5) is 4.39 Å². The average Bonchev–Trinajstić information content (AvgIpc) is 2.22. The van der Waals surface area contributed by atoms with Gasteiger partial charge in [0.2, 0.25) is 0 Å². The number of aryl methyl sites for hydroxylation is 2. The van der Waals surface area contributed by atoms with E-state index in [9.17, 15) is 4.39 Å². The molecule has 0 aliphatic rings. The molecule has 2 rings (SSSR count). The summed E-state index contributed by atoms with van der Waals surface area (Å²) in [6.07, 6.45) is 0. The minimum Gasteiger partial charge on any atom is -0.421 e. The number of hydrogen-bond acceptors (Lipinski definition) is 3. The predicted octanol–water partition coefficient (Wildman–Crippen LogP) is 3.79. The lowest BCUT2D eigenvalue weighted by atomic mass is 10.3. The van der Waals surface area contributed by atoms with Crippen LogP contribution in [-0.4, -0.2) is 9.97 Å². The van der Waals surface area contributed by atoms with Gasteiger partial charge in [0.05, 0.1) is 0 Å². The molecule has 0 aliphatic carbocycles. The molecule has 0 aliphatic heterocycles. The Bertz CT molecular complexity index is 540. The number of hydrogen-bond donors (Lipinski definition) is 0. The van der Waals surface area contributed by atoms with Crippen LogP contribution in [0.5, 0.6) is 11.8 Å². The quantitative estimate of drug-likeness (QED) is 0.846. The van der Waals surface area contributed by atoms with Crippen molar-refractivity contribution in [3.05, 3.63) is 45.9 Å². The summed E-state index contributed by atoms with van der Waals surface area (Å²) in [5.41, 5.74) is 1.56. The van der Waals surface area contributed by atoms with Crippen molar-refractivity contribution in [3.8, 4) is 11.8 Å². The minimum atomic E-state index is -0.448. The van der Waals surface area contributed by atoms with Gasteiger partial charge in [-0.25, -0.2) is 14.4 Å². The topological polar surface area (TPSA) is 35.0 Å². The lowest BCUT2D eigenvalue weighted by Crippen LogP contribution is -1.97. The second-order valence-electron chi connectivity index (χ2n) is 3.61. The van der Waals surface area contributed by atoms with Gasteiger partial charge in [0.1, 0.15) is 0 Å². The van der Waals surface area contributed by atoms with Crippen LogP contribution in [0.1, 0.15) is 11.4 Å². The normalized spacial score (nSPS) is 10.4. The van der Waals surface area contributed by atoms with E-state index in [2.05, 4.69) is 25.9 Å². The zero-order chi connectivity index (χ0) is 12.4. The minimum absolute atomic E-state index is 0.101. The zero-order valence-corrected chi connectivity index (χ0v) is 11.0. The van der Waals surface area contributed by atoms with Crippen molar-refractivity contribution in [1.82, 2.24) is 9.97 Å². The van der Waals surface area contributed by atoms with E-state index in [-0.39, 0.29) is 11.8 Å². The molecule has 17 heavy (non-hydrogen) atoms. The van der Waals surface area contributed by atoms with Gasteiger partial charge in [0, 0.05) is 15.9 Å². The summed E-state index contributed by atoms with van der Waals surface area (Å²) >= 11 is 3.25. The lowest BCUT2D eigenvalue weighted by molar-refractivity contribution is 0.408. The first-order chi connectivity index (χ1) is 8.04. The molecule has 88 valence electrons. The number of nitrogens with zero attached hydrogens (tertiary/aromatic N) is 2. The first-order valence-corrected chi connectivity index (χ1v) is 5.79. The number of ether oxygens (including phenoxy) is 1. The summed E-state index contributed by atoms with van der Waals surface area (Å²) in [5, 5.41) is 0. The van der Waals surface area contributed by atoms with Crippen molar-refractivity contribution in [2.75, 3.05) is 0 Å². The van der Waals surface area contributed by atoms with Crippen molar-refractivity contribution in [2.24, 2.45) is 0 Å². The fourth-order valence-electron chi connectivity index (χ4n) is 1.39. The van der Waals surface area contributed by atoms with Crippen LogP contribution >= 0.6 is 15.9 Å². The van der Waals surface area contributed by atoms with Crippen molar-refractivity contribution in [2.45, 2.75) is 13.8 Å². The van der Waals surface area contributed by atoms with Crippen LogP contribution in [0, 0.1) is 19.7 Å². The molecule has 0 amide bonds. The standard InChI is InChI=1S/C12H10BrFN2O/c1-7-5-8(2)16-12(15-7)17-11-6-9(13)3-4-10(11)14/h3-6H,1-2H3. The van der Waals surface area contributed by atoms with Crippen LogP contribution in [0.25, 0.3) is 0 Å². The van der Waals surface area contributed by atoms with Gasteiger partial charge in [-0.15, -0.1) is 0 Å². The Morgan fingerprint density at radius 3 is 2.41 bits per heavy atom. The Morgan fingerprint density at radius 2 is 1.76 bits per heavy atom. The van der Waals surface area contributed by atoms with Gasteiger partial charge in [-0.3, -0.25) is 0 Å². The van der Waals surface area contributed by atoms with Gasteiger partial charge in [0.25, 0.3) is 0 Å². The lowest BCUT2D eigenvalue weighted by Gasteiger charge is -2.06. The van der Waals surface area contributed by atoms with Crippen LogP contribution in [-0.2, 0) is 0 Å². The van der Waals surface area contributed by atoms with E-state index < -0.39 is 5.82 Å². The highest BCUT2D eigenvalue weighted by Gasteiger charge is 2.08. The van der Waals surface area contributed by atoms with Gasteiger partial charge in [0.15, 0.2) is 11.6 Å². The number of aromatic nitrogens is 2. The van der Waals surface area contributed by atoms with Gasteiger partial charge in [-0.05, 0) is 38.1 Å². The van der Waals surface area contributed by atoms with Gasteiger partial charge >= 0.3 is 6.01 Å². The predicted molar refractivity (Wildman–Crippen MR) is 65.7 cm³/mol. The van der Waals surface area contributed by atoms with Gasteiger partial charge < -0.3 is 4.74 Å². The Hall–Kier alpha value is -1.49. The van der Waals surface area contributed by atoms with Crippen molar-refractivity contribution in [1.29, 1.82) is 0 Å². The van der Waals surface area contributed by atoms with E-state index in [4.69, 9.17) is 4.74 Å². The summed E-state index contributed by atoms with van der Waals surface area (Å²) < 4.78 is 19.5. The first kappa shape index (κ1) is 12.0. The highest BCUT2D eigenvalue weighted by atomic mass is 79.9. The van der Waals surface area contributed by atoms with E-state index in [0.717, 1.165) is 15.9 Å². The highest BCUT2D eigenvalue weighted by Crippen LogP contribution is 2.25. The van der Waals surface area contributed by atoms with Crippen LogP contribution in [0.2, 0.25) is 0 Å². The van der Waals surface area contributed by atoms with Crippen molar-refractivity contribution < 1.29 is 9.13 Å². The Kier molecular flexibility index (Phi) is 3.38. The zero-order valence-electron chi connectivity index (χ0n) is 9.37. The number of rotatable bonds is 2. The molecule has 0 atom stereocenters. The molecule has 1 aromatic heterocycles. The fraction of sp³-hybridized carbons (Fsp3) is 0.167. The second kappa shape index (κ2) is 4.79. The molecule has 0 radical (unpaired) electrons. The van der Waals surface area contributed by atoms with Crippen LogP contribution in [0.3, 0.4) is 0 Å². The number of benzene rings is 1. The maximum atomic E-state index is 13.5. The Balaban J connectivity index is 2.34. The van der Waals surface area contributed by atoms with E-state index in [1.54, 1.807) is 6.07 Å². The van der Waals surface area contributed by atoms with E-state index in [0.29, 0.717) is 0 Å². The smallest absolute Gasteiger partial charge is 0.322 e. The summed E-state index contributed by atoms with van der Waals surface area (Å²) in [4.78, 5) is 8.17. The fourth-order valence-corrected chi connectivity index (χ4v) is 1.73. The largest absolute Gasteiger partial charge is 0.421 e. The highest BCUT2D eigenvalue weighted by molar-refractivity contribution is 9.10.